The van der Waals surface area contributed by atoms with Crippen molar-refractivity contribution in [2.45, 2.75) is 32.8 Å². The summed E-state index contributed by atoms with van der Waals surface area (Å²) in [5, 5.41) is 2.95. The van der Waals surface area contributed by atoms with Crippen molar-refractivity contribution in [1.82, 2.24) is 21.2 Å². The van der Waals surface area contributed by atoms with Gasteiger partial charge in [-0.1, -0.05) is 36.4 Å². The van der Waals surface area contributed by atoms with Crippen molar-refractivity contribution in [3.05, 3.63) is 53.5 Å². The van der Waals surface area contributed by atoms with Crippen LogP contribution < -0.4 is 16.2 Å². The SMILES string of the molecule is CC(C)(C)OC(=O)NCC(=O)NNC(=O)Cc1nc2ccc(-c3ccccc3)cc2s1. The molecular formula is C22H24N4O4S. The topological polar surface area (TPSA) is 109 Å². The zero-order valence-corrected chi connectivity index (χ0v) is 18.3. The van der Waals surface area contributed by atoms with Crippen molar-refractivity contribution in [3.63, 3.8) is 0 Å². The van der Waals surface area contributed by atoms with Crippen molar-refractivity contribution in [2.24, 2.45) is 0 Å². The maximum absolute atomic E-state index is 12.1. The Hall–Kier alpha value is -3.46. The van der Waals surface area contributed by atoms with Gasteiger partial charge in [-0.25, -0.2) is 9.78 Å². The van der Waals surface area contributed by atoms with Gasteiger partial charge < -0.3 is 10.1 Å². The molecule has 3 aromatic rings. The Labute approximate surface area is 184 Å². The Kier molecular flexibility index (Phi) is 6.86. The Morgan fingerprint density at radius 2 is 1.68 bits per heavy atom. The molecule has 0 fully saturated rings. The van der Waals surface area contributed by atoms with Crippen LogP contribution in [0.3, 0.4) is 0 Å². The minimum absolute atomic E-state index is 0.0276. The van der Waals surface area contributed by atoms with Crippen LogP contribution in [-0.2, 0) is 20.7 Å². The molecule has 0 aliphatic carbocycles. The van der Waals surface area contributed by atoms with Crippen LogP contribution in [0.5, 0.6) is 0 Å². The molecule has 0 unspecified atom stereocenters. The number of aromatic nitrogens is 1. The largest absolute Gasteiger partial charge is 0.444 e. The Bertz CT molecular complexity index is 1090. The van der Waals surface area contributed by atoms with Crippen LogP contribution in [0.2, 0.25) is 0 Å². The molecule has 1 aromatic heterocycles. The van der Waals surface area contributed by atoms with E-state index >= 15 is 0 Å². The number of hydrogen-bond acceptors (Lipinski definition) is 6. The summed E-state index contributed by atoms with van der Waals surface area (Å²) in [6.45, 7) is 4.84. The standard InChI is InChI=1S/C22H24N4O4S/c1-22(2,3)30-21(29)23-13-19(28)26-25-18(27)12-20-24-16-10-9-15(11-17(16)31-20)14-7-5-4-6-8-14/h4-11H,12-13H2,1-3H3,(H,23,29)(H,25,27)(H,26,28). The van der Waals surface area contributed by atoms with Crippen LogP contribution in [-0.4, -0.2) is 35.0 Å². The van der Waals surface area contributed by atoms with Gasteiger partial charge in [0.2, 0.25) is 5.91 Å². The van der Waals surface area contributed by atoms with Crippen molar-refractivity contribution < 1.29 is 19.1 Å². The number of amides is 3. The molecule has 0 aliphatic heterocycles. The highest BCUT2D eigenvalue weighted by molar-refractivity contribution is 7.18. The van der Waals surface area contributed by atoms with Crippen molar-refractivity contribution in [2.75, 3.05) is 6.54 Å². The molecule has 0 bridgehead atoms. The van der Waals surface area contributed by atoms with E-state index in [9.17, 15) is 14.4 Å². The number of hydrogen-bond donors (Lipinski definition) is 3. The van der Waals surface area contributed by atoms with Gasteiger partial charge in [0.15, 0.2) is 0 Å². The van der Waals surface area contributed by atoms with Gasteiger partial charge >= 0.3 is 6.09 Å². The fourth-order valence-electron chi connectivity index (χ4n) is 2.69. The van der Waals surface area contributed by atoms with Gasteiger partial charge in [0.05, 0.1) is 16.6 Å². The number of carbonyl (C=O) groups excluding carboxylic acids is 3. The second kappa shape index (κ2) is 9.57. The predicted octanol–water partition coefficient (Wildman–Crippen LogP) is 3.18. The van der Waals surface area contributed by atoms with E-state index in [2.05, 4.69) is 21.2 Å². The normalized spacial score (nSPS) is 11.1. The zero-order chi connectivity index (χ0) is 22.4. The summed E-state index contributed by atoms with van der Waals surface area (Å²) in [4.78, 5) is 39.9. The number of fused-ring (bicyclic) bond motifs is 1. The fraction of sp³-hybridized carbons (Fsp3) is 0.273. The summed E-state index contributed by atoms with van der Waals surface area (Å²) in [7, 11) is 0. The summed E-state index contributed by atoms with van der Waals surface area (Å²) in [5.74, 6) is -0.982. The molecule has 3 amide bonds. The third-order valence-electron chi connectivity index (χ3n) is 3.99. The molecule has 9 heteroatoms. The maximum atomic E-state index is 12.1. The molecule has 0 aliphatic rings. The first-order valence-electron chi connectivity index (χ1n) is 9.69. The van der Waals surface area contributed by atoms with Crippen LogP contribution in [0.15, 0.2) is 48.5 Å². The summed E-state index contributed by atoms with van der Waals surface area (Å²) < 4.78 is 6.02. The molecule has 0 radical (unpaired) electrons. The van der Waals surface area contributed by atoms with Crippen molar-refractivity contribution in [3.8, 4) is 11.1 Å². The van der Waals surface area contributed by atoms with Gasteiger partial charge in [0.25, 0.3) is 5.91 Å². The van der Waals surface area contributed by atoms with Crippen LogP contribution in [0, 0.1) is 0 Å². The lowest BCUT2D eigenvalue weighted by molar-refractivity contribution is -0.128. The monoisotopic (exact) mass is 440 g/mol. The van der Waals surface area contributed by atoms with E-state index in [-0.39, 0.29) is 13.0 Å². The lowest BCUT2D eigenvalue weighted by Crippen LogP contribution is -2.47. The van der Waals surface area contributed by atoms with E-state index in [1.807, 2.05) is 48.5 Å². The van der Waals surface area contributed by atoms with Crippen molar-refractivity contribution in [1.29, 1.82) is 0 Å². The average molecular weight is 441 g/mol. The first-order valence-corrected chi connectivity index (χ1v) is 10.5. The minimum Gasteiger partial charge on any atom is -0.444 e. The lowest BCUT2D eigenvalue weighted by Gasteiger charge is -2.19. The number of alkyl carbamates (subject to hydrolysis) is 1. The zero-order valence-electron chi connectivity index (χ0n) is 17.5. The number of carbonyl (C=O) groups is 3. The summed E-state index contributed by atoms with van der Waals surface area (Å²) in [6, 6.07) is 16.0. The second-order valence-corrected chi connectivity index (χ2v) is 8.90. The smallest absolute Gasteiger partial charge is 0.408 e. The van der Waals surface area contributed by atoms with Gasteiger partial charge in [-0.15, -0.1) is 11.3 Å². The molecular weight excluding hydrogens is 416 g/mol. The molecule has 0 atom stereocenters. The lowest BCUT2D eigenvalue weighted by atomic mass is 10.1. The molecule has 0 saturated heterocycles. The number of ether oxygens (including phenoxy) is 1. The quantitative estimate of drug-likeness (QED) is 0.528. The van der Waals surface area contributed by atoms with E-state index < -0.39 is 23.5 Å². The molecule has 3 N–H and O–H groups in total. The first kappa shape index (κ1) is 22.2. The van der Waals surface area contributed by atoms with Gasteiger partial charge in [0, 0.05) is 0 Å². The number of rotatable bonds is 5. The van der Waals surface area contributed by atoms with E-state index in [1.54, 1.807) is 20.8 Å². The summed E-state index contributed by atoms with van der Waals surface area (Å²) in [6.07, 6.45) is -0.682. The van der Waals surface area contributed by atoms with E-state index in [4.69, 9.17) is 4.74 Å². The molecule has 3 rings (SSSR count). The third kappa shape index (κ3) is 6.78. The molecule has 31 heavy (non-hydrogen) atoms. The predicted molar refractivity (Wildman–Crippen MR) is 119 cm³/mol. The molecule has 2 aromatic carbocycles. The first-order chi connectivity index (χ1) is 14.7. The Balaban J connectivity index is 1.50. The summed E-state index contributed by atoms with van der Waals surface area (Å²) in [5.41, 5.74) is 6.92. The van der Waals surface area contributed by atoms with Crippen LogP contribution in [0.4, 0.5) is 4.79 Å². The van der Waals surface area contributed by atoms with Gasteiger partial charge in [-0.3, -0.25) is 20.4 Å². The Morgan fingerprint density at radius 1 is 0.968 bits per heavy atom. The van der Waals surface area contributed by atoms with Crippen LogP contribution >= 0.6 is 11.3 Å². The molecule has 0 spiro atoms. The number of benzene rings is 2. The third-order valence-corrected chi connectivity index (χ3v) is 5.00. The van der Waals surface area contributed by atoms with E-state index in [0.29, 0.717) is 5.01 Å². The minimum atomic E-state index is -0.710. The van der Waals surface area contributed by atoms with Crippen LogP contribution in [0.1, 0.15) is 25.8 Å². The summed E-state index contributed by atoms with van der Waals surface area (Å²) >= 11 is 1.43. The average Bonchev–Trinajstić information content (AvgIpc) is 3.11. The fourth-order valence-corrected chi connectivity index (χ4v) is 3.70. The number of thiazole rings is 1. The van der Waals surface area contributed by atoms with Gasteiger partial charge in [-0.05, 0) is 44.0 Å². The number of hydrazine groups is 1. The van der Waals surface area contributed by atoms with E-state index in [1.165, 1.54) is 11.3 Å². The van der Waals surface area contributed by atoms with Crippen LogP contribution in [0.25, 0.3) is 21.3 Å². The highest BCUT2D eigenvalue weighted by Gasteiger charge is 2.17. The molecule has 8 nitrogen and oxygen atoms in total. The Morgan fingerprint density at radius 3 is 2.39 bits per heavy atom. The molecule has 162 valence electrons. The highest BCUT2D eigenvalue weighted by Crippen LogP contribution is 2.28. The highest BCUT2D eigenvalue weighted by atomic mass is 32.1. The molecule has 0 saturated carbocycles. The molecule has 1 heterocycles. The van der Waals surface area contributed by atoms with Crippen molar-refractivity contribution >= 4 is 39.5 Å². The van der Waals surface area contributed by atoms with E-state index in [0.717, 1.165) is 21.3 Å². The second-order valence-electron chi connectivity index (χ2n) is 7.78. The van der Waals surface area contributed by atoms with Gasteiger partial charge in [0.1, 0.15) is 17.2 Å². The van der Waals surface area contributed by atoms with Gasteiger partial charge in [-0.2, -0.15) is 0 Å². The number of nitrogens with zero attached hydrogens (tertiary/aromatic N) is 1. The maximum Gasteiger partial charge on any atom is 0.408 e. The number of nitrogens with one attached hydrogen (secondary N) is 3.